The Labute approximate surface area is 107 Å². The van der Waals surface area contributed by atoms with E-state index >= 15 is 0 Å². The van der Waals surface area contributed by atoms with Crippen LogP contribution in [0.2, 0.25) is 0 Å². The second-order valence-corrected chi connectivity index (χ2v) is 4.31. The summed E-state index contributed by atoms with van der Waals surface area (Å²) in [5.74, 6) is -0.190. The Bertz CT molecular complexity index is 420. The number of nitriles is 1. The highest BCUT2D eigenvalue weighted by atomic mass is 16.1. The molecule has 1 aromatic heterocycles. The standard InChI is InChI=1S/C13H18N4O/c1-17(2)8-4-3-7-15-13(18)12-6-5-11(9-14)10-16-12/h5-6,10H,3-4,7-8H2,1-2H3,(H,15,18). The number of rotatable bonds is 6. The number of nitrogens with zero attached hydrogens (tertiary/aromatic N) is 3. The first-order valence-corrected chi connectivity index (χ1v) is 5.92. The number of carbonyl (C=O) groups is 1. The predicted molar refractivity (Wildman–Crippen MR) is 69.1 cm³/mol. The lowest BCUT2D eigenvalue weighted by Gasteiger charge is -2.09. The molecule has 1 N–H and O–H groups in total. The number of carbonyl (C=O) groups excluding carboxylic acids is 1. The third kappa shape index (κ3) is 4.93. The van der Waals surface area contributed by atoms with E-state index in [-0.39, 0.29) is 5.91 Å². The molecule has 0 radical (unpaired) electrons. The molecule has 0 bridgehead atoms. The maximum Gasteiger partial charge on any atom is 0.269 e. The third-order valence-electron chi connectivity index (χ3n) is 2.44. The first kappa shape index (κ1) is 14.1. The second kappa shape index (κ2) is 7.41. The first-order chi connectivity index (χ1) is 8.63. The van der Waals surface area contributed by atoms with Crippen LogP contribution in [0, 0.1) is 11.3 Å². The Kier molecular flexibility index (Phi) is 5.81. The van der Waals surface area contributed by atoms with E-state index in [0.29, 0.717) is 17.8 Å². The molecule has 18 heavy (non-hydrogen) atoms. The topological polar surface area (TPSA) is 69.0 Å². The maximum absolute atomic E-state index is 11.7. The molecule has 1 aromatic rings. The van der Waals surface area contributed by atoms with Crippen LogP contribution in [0.4, 0.5) is 0 Å². The molecule has 5 heteroatoms. The number of unbranched alkanes of at least 4 members (excludes halogenated alkanes) is 1. The van der Waals surface area contributed by atoms with Crippen molar-refractivity contribution < 1.29 is 4.79 Å². The summed E-state index contributed by atoms with van der Waals surface area (Å²) >= 11 is 0. The van der Waals surface area contributed by atoms with Gasteiger partial charge in [-0.1, -0.05) is 0 Å². The van der Waals surface area contributed by atoms with E-state index in [1.165, 1.54) is 6.20 Å². The molecule has 0 aliphatic rings. The number of nitrogens with one attached hydrogen (secondary N) is 1. The van der Waals surface area contributed by atoms with Crippen molar-refractivity contribution in [2.45, 2.75) is 12.8 Å². The SMILES string of the molecule is CN(C)CCCCNC(=O)c1ccc(C#N)cn1. The van der Waals surface area contributed by atoms with Crippen molar-refractivity contribution in [2.24, 2.45) is 0 Å². The molecule has 1 heterocycles. The van der Waals surface area contributed by atoms with Gasteiger partial charge in [-0.2, -0.15) is 5.26 Å². The highest BCUT2D eigenvalue weighted by Gasteiger charge is 2.05. The molecule has 0 aromatic carbocycles. The van der Waals surface area contributed by atoms with Crippen molar-refractivity contribution in [1.29, 1.82) is 5.26 Å². The summed E-state index contributed by atoms with van der Waals surface area (Å²) in [5, 5.41) is 11.4. The fourth-order valence-corrected chi connectivity index (χ4v) is 1.44. The molecular formula is C13H18N4O. The van der Waals surface area contributed by atoms with Crippen molar-refractivity contribution in [3.05, 3.63) is 29.6 Å². The van der Waals surface area contributed by atoms with Crippen LogP contribution in [0.25, 0.3) is 0 Å². The van der Waals surface area contributed by atoms with Crippen LogP contribution in [-0.4, -0.2) is 43.0 Å². The third-order valence-corrected chi connectivity index (χ3v) is 2.44. The number of aromatic nitrogens is 1. The summed E-state index contributed by atoms with van der Waals surface area (Å²) in [6.07, 6.45) is 3.40. The van der Waals surface area contributed by atoms with Gasteiger partial charge >= 0.3 is 0 Å². The molecule has 0 aliphatic heterocycles. The van der Waals surface area contributed by atoms with Crippen molar-refractivity contribution in [3.63, 3.8) is 0 Å². The molecule has 0 atom stereocenters. The van der Waals surface area contributed by atoms with E-state index in [9.17, 15) is 4.79 Å². The fraction of sp³-hybridized carbons (Fsp3) is 0.462. The lowest BCUT2D eigenvalue weighted by molar-refractivity contribution is 0.0948. The second-order valence-electron chi connectivity index (χ2n) is 4.31. The van der Waals surface area contributed by atoms with E-state index < -0.39 is 0 Å². The van der Waals surface area contributed by atoms with Crippen LogP contribution < -0.4 is 5.32 Å². The van der Waals surface area contributed by atoms with E-state index in [1.807, 2.05) is 20.2 Å². The lowest BCUT2D eigenvalue weighted by Crippen LogP contribution is -2.26. The molecule has 0 saturated heterocycles. The summed E-state index contributed by atoms with van der Waals surface area (Å²) in [5.41, 5.74) is 0.805. The summed E-state index contributed by atoms with van der Waals surface area (Å²) in [4.78, 5) is 17.7. The Hall–Kier alpha value is -1.93. The van der Waals surface area contributed by atoms with E-state index in [2.05, 4.69) is 15.2 Å². The van der Waals surface area contributed by atoms with E-state index in [4.69, 9.17) is 5.26 Å². The molecule has 1 amide bonds. The van der Waals surface area contributed by atoms with Crippen LogP contribution in [0.5, 0.6) is 0 Å². The monoisotopic (exact) mass is 246 g/mol. The largest absolute Gasteiger partial charge is 0.351 e. The van der Waals surface area contributed by atoms with Crippen LogP contribution in [0.15, 0.2) is 18.3 Å². The quantitative estimate of drug-likeness (QED) is 0.761. The minimum Gasteiger partial charge on any atom is -0.351 e. The summed E-state index contributed by atoms with van der Waals surface area (Å²) in [6, 6.07) is 5.12. The summed E-state index contributed by atoms with van der Waals surface area (Å²) in [7, 11) is 4.05. The van der Waals surface area contributed by atoms with Crippen molar-refractivity contribution >= 4 is 5.91 Å². The predicted octanol–water partition coefficient (Wildman–Crippen LogP) is 1.02. The lowest BCUT2D eigenvalue weighted by atomic mass is 10.2. The van der Waals surface area contributed by atoms with Gasteiger partial charge in [0.05, 0.1) is 5.56 Å². The average Bonchev–Trinajstić information content (AvgIpc) is 2.38. The molecule has 96 valence electrons. The maximum atomic E-state index is 11.7. The molecular weight excluding hydrogens is 228 g/mol. The molecule has 0 unspecified atom stereocenters. The fourth-order valence-electron chi connectivity index (χ4n) is 1.44. The van der Waals surface area contributed by atoms with E-state index in [1.54, 1.807) is 12.1 Å². The van der Waals surface area contributed by atoms with Gasteiger partial charge in [0.15, 0.2) is 0 Å². The minimum atomic E-state index is -0.190. The Balaban J connectivity index is 2.30. The normalized spacial score (nSPS) is 10.1. The van der Waals surface area contributed by atoms with Gasteiger partial charge in [-0.25, -0.2) is 4.98 Å². The number of amides is 1. The number of hydrogen-bond acceptors (Lipinski definition) is 4. The van der Waals surface area contributed by atoms with Gasteiger partial charge in [0.25, 0.3) is 5.91 Å². The zero-order valence-corrected chi connectivity index (χ0v) is 10.8. The van der Waals surface area contributed by atoms with Crippen LogP contribution in [0.1, 0.15) is 28.9 Å². The summed E-state index contributed by atoms with van der Waals surface area (Å²) in [6.45, 7) is 1.67. The van der Waals surface area contributed by atoms with Crippen LogP contribution >= 0.6 is 0 Å². The van der Waals surface area contributed by atoms with Crippen LogP contribution in [-0.2, 0) is 0 Å². The van der Waals surface area contributed by atoms with Crippen molar-refractivity contribution in [2.75, 3.05) is 27.2 Å². The van der Waals surface area contributed by atoms with Gasteiger partial charge in [0.1, 0.15) is 11.8 Å². The van der Waals surface area contributed by atoms with Gasteiger partial charge in [-0.3, -0.25) is 4.79 Å². The van der Waals surface area contributed by atoms with Gasteiger partial charge < -0.3 is 10.2 Å². The Morgan fingerprint density at radius 3 is 2.78 bits per heavy atom. The zero-order chi connectivity index (χ0) is 13.4. The average molecular weight is 246 g/mol. The highest BCUT2D eigenvalue weighted by Crippen LogP contribution is 1.99. The van der Waals surface area contributed by atoms with Crippen molar-refractivity contribution in [1.82, 2.24) is 15.2 Å². The number of pyridine rings is 1. The Morgan fingerprint density at radius 2 is 2.22 bits per heavy atom. The van der Waals surface area contributed by atoms with E-state index in [0.717, 1.165) is 19.4 Å². The first-order valence-electron chi connectivity index (χ1n) is 5.92. The molecule has 1 rings (SSSR count). The smallest absolute Gasteiger partial charge is 0.269 e. The van der Waals surface area contributed by atoms with Crippen molar-refractivity contribution in [3.8, 4) is 6.07 Å². The Morgan fingerprint density at radius 1 is 1.44 bits per heavy atom. The molecule has 0 saturated carbocycles. The highest BCUT2D eigenvalue weighted by molar-refractivity contribution is 5.92. The van der Waals surface area contributed by atoms with Gasteiger partial charge in [-0.05, 0) is 45.6 Å². The van der Waals surface area contributed by atoms with Gasteiger partial charge in [0.2, 0.25) is 0 Å². The molecule has 0 spiro atoms. The molecule has 0 aliphatic carbocycles. The van der Waals surface area contributed by atoms with Gasteiger partial charge in [0, 0.05) is 12.7 Å². The van der Waals surface area contributed by atoms with Gasteiger partial charge in [-0.15, -0.1) is 0 Å². The minimum absolute atomic E-state index is 0.190. The van der Waals surface area contributed by atoms with Crippen LogP contribution in [0.3, 0.4) is 0 Å². The molecule has 0 fully saturated rings. The number of hydrogen-bond donors (Lipinski definition) is 1. The molecule has 5 nitrogen and oxygen atoms in total. The summed E-state index contributed by atoms with van der Waals surface area (Å²) < 4.78 is 0. The zero-order valence-electron chi connectivity index (χ0n) is 10.8.